The second kappa shape index (κ2) is 6.92. The summed E-state index contributed by atoms with van der Waals surface area (Å²) < 4.78 is 0. The predicted molar refractivity (Wildman–Crippen MR) is 95.6 cm³/mol. The van der Waals surface area contributed by atoms with Gasteiger partial charge in [-0.2, -0.15) is 0 Å². The molecule has 2 heterocycles. The van der Waals surface area contributed by atoms with Crippen molar-refractivity contribution in [2.75, 3.05) is 18.4 Å². The van der Waals surface area contributed by atoms with E-state index < -0.39 is 0 Å². The Hall–Kier alpha value is -2.28. The molecule has 1 fully saturated rings. The fourth-order valence-electron chi connectivity index (χ4n) is 3.70. The van der Waals surface area contributed by atoms with Crippen LogP contribution in [0.2, 0.25) is 0 Å². The maximum atomic E-state index is 12.9. The van der Waals surface area contributed by atoms with Crippen LogP contribution in [0.5, 0.6) is 0 Å². The van der Waals surface area contributed by atoms with Crippen molar-refractivity contribution in [1.82, 2.24) is 15.1 Å². The van der Waals surface area contributed by atoms with Crippen molar-refractivity contribution in [3.05, 3.63) is 40.4 Å². The third-order valence-electron chi connectivity index (χ3n) is 5.02. The number of anilines is 1. The van der Waals surface area contributed by atoms with Gasteiger partial charge in [-0.25, -0.2) is 0 Å². The first-order chi connectivity index (χ1) is 12.2. The molecule has 1 aliphatic heterocycles. The topological polar surface area (TPSA) is 75.2 Å². The van der Waals surface area contributed by atoms with Crippen LogP contribution < -0.4 is 5.32 Å². The number of carbonyl (C=O) groups is 2. The number of benzene rings is 1. The molecule has 2 aliphatic rings. The molecule has 1 N–H and O–H groups in total. The molecule has 4 rings (SSSR count). The van der Waals surface area contributed by atoms with Crippen LogP contribution in [-0.2, 0) is 17.6 Å². The summed E-state index contributed by atoms with van der Waals surface area (Å²) in [5.74, 6) is -0.248. The van der Waals surface area contributed by atoms with Crippen molar-refractivity contribution in [1.29, 1.82) is 0 Å². The molecule has 1 aromatic heterocycles. The molecule has 1 aliphatic carbocycles. The van der Waals surface area contributed by atoms with E-state index in [0.717, 1.165) is 31.2 Å². The summed E-state index contributed by atoms with van der Waals surface area (Å²) in [5, 5.41) is 10.9. The number of aryl methyl sites for hydroxylation is 2. The van der Waals surface area contributed by atoms with Crippen molar-refractivity contribution in [3.63, 3.8) is 0 Å². The van der Waals surface area contributed by atoms with Crippen LogP contribution in [0, 0.1) is 5.92 Å². The molecule has 0 spiro atoms. The first-order valence-electron chi connectivity index (χ1n) is 8.69. The van der Waals surface area contributed by atoms with Gasteiger partial charge in [0, 0.05) is 18.7 Å². The zero-order valence-electron chi connectivity index (χ0n) is 13.9. The van der Waals surface area contributed by atoms with Crippen LogP contribution in [0.15, 0.2) is 23.7 Å². The van der Waals surface area contributed by atoms with E-state index in [4.69, 9.17) is 0 Å². The fraction of sp³-hybridized carbons (Fsp3) is 0.444. The number of aromatic nitrogens is 2. The van der Waals surface area contributed by atoms with E-state index in [0.29, 0.717) is 18.2 Å². The largest absolute Gasteiger partial charge is 0.338 e. The lowest BCUT2D eigenvalue weighted by molar-refractivity contribution is -0.121. The van der Waals surface area contributed by atoms with Crippen LogP contribution in [-0.4, -0.2) is 40.0 Å². The minimum atomic E-state index is -0.198. The Kier molecular flexibility index (Phi) is 4.48. The predicted octanol–water partition coefficient (Wildman–Crippen LogP) is 2.52. The molecular weight excluding hydrogens is 336 g/mol. The van der Waals surface area contributed by atoms with Crippen LogP contribution in [0.1, 0.15) is 40.7 Å². The molecule has 1 atom stereocenters. The SMILES string of the molecule is O=C(Nc1nncs1)C1CCCN(C(=O)c2ccc3c(c2)CCC3)C1. The highest BCUT2D eigenvalue weighted by Gasteiger charge is 2.29. The van der Waals surface area contributed by atoms with Gasteiger partial charge in [0.1, 0.15) is 5.51 Å². The number of fused-ring (bicyclic) bond motifs is 1. The van der Waals surface area contributed by atoms with Gasteiger partial charge in [-0.15, -0.1) is 10.2 Å². The van der Waals surface area contributed by atoms with Crippen LogP contribution in [0.3, 0.4) is 0 Å². The van der Waals surface area contributed by atoms with Crippen molar-refractivity contribution in [3.8, 4) is 0 Å². The van der Waals surface area contributed by atoms with E-state index in [-0.39, 0.29) is 17.7 Å². The van der Waals surface area contributed by atoms with Gasteiger partial charge in [-0.1, -0.05) is 17.4 Å². The van der Waals surface area contributed by atoms with Gasteiger partial charge >= 0.3 is 0 Å². The zero-order valence-corrected chi connectivity index (χ0v) is 14.7. The Labute approximate surface area is 150 Å². The number of carbonyl (C=O) groups excluding carboxylic acids is 2. The molecule has 7 heteroatoms. The average Bonchev–Trinajstić information content (AvgIpc) is 3.32. The summed E-state index contributed by atoms with van der Waals surface area (Å²) in [6.45, 7) is 1.17. The van der Waals surface area contributed by atoms with Gasteiger partial charge in [-0.3, -0.25) is 9.59 Å². The molecule has 0 radical (unpaired) electrons. The molecule has 2 amide bonds. The van der Waals surface area contributed by atoms with E-state index in [1.165, 1.54) is 28.9 Å². The number of likely N-dealkylation sites (tertiary alicyclic amines) is 1. The highest BCUT2D eigenvalue weighted by molar-refractivity contribution is 7.13. The van der Waals surface area contributed by atoms with E-state index in [1.807, 2.05) is 17.0 Å². The Morgan fingerprint density at radius 2 is 2.08 bits per heavy atom. The Balaban J connectivity index is 1.43. The molecule has 0 saturated carbocycles. The highest BCUT2D eigenvalue weighted by Crippen LogP contribution is 2.25. The number of nitrogens with zero attached hydrogens (tertiary/aromatic N) is 3. The fourth-order valence-corrected chi connectivity index (χ4v) is 4.15. The average molecular weight is 356 g/mol. The quantitative estimate of drug-likeness (QED) is 0.917. The molecule has 1 aromatic carbocycles. The summed E-state index contributed by atoms with van der Waals surface area (Å²) >= 11 is 1.30. The second-order valence-electron chi connectivity index (χ2n) is 6.66. The number of nitrogens with one attached hydrogen (secondary N) is 1. The minimum absolute atomic E-state index is 0.0307. The summed E-state index contributed by atoms with van der Waals surface area (Å²) in [4.78, 5) is 27.1. The number of hydrogen-bond acceptors (Lipinski definition) is 5. The third kappa shape index (κ3) is 3.42. The Morgan fingerprint density at radius 3 is 2.92 bits per heavy atom. The standard InChI is InChI=1S/C18H20N4O2S/c23-16(20-18-21-19-11-25-18)15-5-2-8-22(10-15)17(24)14-7-6-12-3-1-4-13(12)9-14/h6-7,9,11,15H,1-5,8,10H2,(H,20,21,23). The molecule has 0 bridgehead atoms. The molecule has 6 nitrogen and oxygen atoms in total. The highest BCUT2D eigenvalue weighted by atomic mass is 32.1. The first-order valence-corrected chi connectivity index (χ1v) is 9.57. The van der Waals surface area contributed by atoms with Crippen molar-refractivity contribution >= 4 is 28.3 Å². The molecule has 2 aromatic rings. The molecular formula is C18H20N4O2S. The number of rotatable bonds is 3. The van der Waals surface area contributed by atoms with Crippen LogP contribution >= 0.6 is 11.3 Å². The number of piperidine rings is 1. The van der Waals surface area contributed by atoms with Crippen LogP contribution in [0.4, 0.5) is 5.13 Å². The lowest BCUT2D eigenvalue weighted by Crippen LogP contribution is -2.43. The van der Waals surface area contributed by atoms with Crippen molar-refractivity contribution in [2.24, 2.45) is 5.92 Å². The second-order valence-corrected chi connectivity index (χ2v) is 7.49. The van der Waals surface area contributed by atoms with Gasteiger partial charge in [0.15, 0.2) is 0 Å². The summed E-state index contributed by atoms with van der Waals surface area (Å²) in [7, 11) is 0. The summed E-state index contributed by atoms with van der Waals surface area (Å²) in [5.41, 5.74) is 4.99. The maximum Gasteiger partial charge on any atom is 0.253 e. The Bertz CT molecular complexity index is 790. The lowest BCUT2D eigenvalue weighted by atomic mass is 9.96. The van der Waals surface area contributed by atoms with Gasteiger partial charge in [0.2, 0.25) is 11.0 Å². The van der Waals surface area contributed by atoms with Gasteiger partial charge in [0.05, 0.1) is 5.92 Å². The van der Waals surface area contributed by atoms with Crippen molar-refractivity contribution < 1.29 is 9.59 Å². The van der Waals surface area contributed by atoms with Gasteiger partial charge < -0.3 is 10.2 Å². The van der Waals surface area contributed by atoms with Gasteiger partial charge in [-0.05, 0) is 55.4 Å². The first kappa shape index (κ1) is 16.2. The Morgan fingerprint density at radius 1 is 1.20 bits per heavy atom. The smallest absolute Gasteiger partial charge is 0.253 e. The van der Waals surface area contributed by atoms with E-state index in [9.17, 15) is 9.59 Å². The number of amides is 2. The lowest BCUT2D eigenvalue weighted by Gasteiger charge is -2.32. The molecule has 1 saturated heterocycles. The summed E-state index contributed by atoms with van der Waals surface area (Å²) in [6.07, 6.45) is 4.97. The van der Waals surface area contributed by atoms with Gasteiger partial charge in [0.25, 0.3) is 5.91 Å². The van der Waals surface area contributed by atoms with E-state index in [2.05, 4.69) is 21.6 Å². The molecule has 130 valence electrons. The van der Waals surface area contributed by atoms with Crippen LogP contribution in [0.25, 0.3) is 0 Å². The molecule has 1 unspecified atom stereocenters. The number of hydrogen-bond donors (Lipinski definition) is 1. The zero-order chi connectivity index (χ0) is 17.2. The normalized spacial score (nSPS) is 19.5. The third-order valence-corrected chi connectivity index (χ3v) is 5.62. The maximum absolute atomic E-state index is 12.9. The summed E-state index contributed by atoms with van der Waals surface area (Å²) in [6, 6.07) is 6.05. The molecule has 25 heavy (non-hydrogen) atoms. The minimum Gasteiger partial charge on any atom is -0.338 e. The van der Waals surface area contributed by atoms with E-state index >= 15 is 0 Å². The van der Waals surface area contributed by atoms with E-state index in [1.54, 1.807) is 5.51 Å². The van der Waals surface area contributed by atoms with Crippen molar-refractivity contribution in [2.45, 2.75) is 32.1 Å². The monoisotopic (exact) mass is 356 g/mol.